The van der Waals surface area contributed by atoms with Gasteiger partial charge in [0, 0.05) is 25.8 Å². The number of carbonyl (C=O) groups is 1. The molecule has 0 radical (unpaired) electrons. The number of hydrogen-bond acceptors (Lipinski definition) is 4. The second-order valence-electron chi connectivity index (χ2n) is 6.62. The Balaban J connectivity index is 0.00000144. The third kappa shape index (κ3) is 4.98. The van der Waals surface area contributed by atoms with Crippen molar-refractivity contribution >= 4 is 36.5 Å². The predicted octanol–water partition coefficient (Wildman–Crippen LogP) is 2.80. The molecule has 0 unspecified atom stereocenters. The van der Waals surface area contributed by atoms with Crippen LogP contribution in [0.25, 0.3) is 0 Å². The number of anilines is 1. The second kappa shape index (κ2) is 9.44. The number of carbonyl (C=O) groups excluding carboxylic acids is 1. The van der Waals surface area contributed by atoms with Crippen LogP contribution >= 0.6 is 24.8 Å². The normalized spacial score (nSPS) is 19.1. The number of amides is 1. The summed E-state index contributed by atoms with van der Waals surface area (Å²) in [6, 6.07) is 4.04. The molecule has 1 aromatic rings. The molecule has 0 bridgehead atoms. The fourth-order valence-corrected chi connectivity index (χ4v) is 3.46. The third-order valence-electron chi connectivity index (χ3n) is 4.89. The SMILES string of the molecule is Cl.Cl.NC1(C(=O)NCc2ccnc(N3CCCC3)c2)CCCCC1. The highest BCUT2D eigenvalue weighted by molar-refractivity contribution is 5.86. The largest absolute Gasteiger partial charge is 0.357 e. The number of aromatic nitrogens is 1. The van der Waals surface area contributed by atoms with Gasteiger partial charge in [-0.05, 0) is 43.4 Å². The number of nitrogens with one attached hydrogen (secondary N) is 1. The minimum atomic E-state index is -0.664. The lowest BCUT2D eigenvalue weighted by Crippen LogP contribution is -2.54. The van der Waals surface area contributed by atoms with E-state index in [1.165, 1.54) is 19.3 Å². The first-order chi connectivity index (χ1) is 10.7. The number of halogens is 2. The summed E-state index contributed by atoms with van der Waals surface area (Å²) in [5.41, 5.74) is 6.69. The smallest absolute Gasteiger partial charge is 0.240 e. The van der Waals surface area contributed by atoms with Crippen molar-refractivity contribution in [3.8, 4) is 0 Å². The van der Waals surface area contributed by atoms with E-state index in [0.717, 1.165) is 50.2 Å². The summed E-state index contributed by atoms with van der Waals surface area (Å²) in [6.45, 7) is 2.69. The molecule has 2 fully saturated rings. The van der Waals surface area contributed by atoms with Crippen molar-refractivity contribution < 1.29 is 4.79 Å². The van der Waals surface area contributed by atoms with Gasteiger partial charge in [0.2, 0.25) is 5.91 Å². The maximum atomic E-state index is 12.4. The van der Waals surface area contributed by atoms with Gasteiger partial charge >= 0.3 is 0 Å². The van der Waals surface area contributed by atoms with Gasteiger partial charge in [-0.25, -0.2) is 4.98 Å². The highest BCUT2D eigenvalue weighted by Crippen LogP contribution is 2.26. The molecule has 1 saturated heterocycles. The van der Waals surface area contributed by atoms with Gasteiger partial charge in [-0.1, -0.05) is 19.3 Å². The summed E-state index contributed by atoms with van der Waals surface area (Å²) in [4.78, 5) is 19.1. The Hall–Kier alpha value is -1.04. The van der Waals surface area contributed by atoms with Crippen LogP contribution in [0.3, 0.4) is 0 Å². The zero-order chi connectivity index (χ0) is 15.4. The van der Waals surface area contributed by atoms with Crippen LogP contribution in [-0.4, -0.2) is 29.5 Å². The van der Waals surface area contributed by atoms with Crippen LogP contribution in [0.2, 0.25) is 0 Å². The van der Waals surface area contributed by atoms with Crippen molar-refractivity contribution in [3.63, 3.8) is 0 Å². The minimum Gasteiger partial charge on any atom is -0.357 e. The number of nitrogens with zero attached hydrogens (tertiary/aromatic N) is 2. The molecule has 0 spiro atoms. The predicted molar refractivity (Wildman–Crippen MR) is 102 cm³/mol. The summed E-state index contributed by atoms with van der Waals surface area (Å²) in [6.07, 6.45) is 9.19. The molecule has 136 valence electrons. The minimum absolute atomic E-state index is 0. The van der Waals surface area contributed by atoms with E-state index in [0.29, 0.717) is 6.54 Å². The Kier molecular flexibility index (Phi) is 8.27. The second-order valence-corrected chi connectivity index (χ2v) is 6.62. The summed E-state index contributed by atoms with van der Waals surface area (Å²) in [5.74, 6) is 1.01. The average molecular weight is 375 g/mol. The number of nitrogens with two attached hydrogens (primary N) is 1. The van der Waals surface area contributed by atoms with E-state index < -0.39 is 5.54 Å². The topological polar surface area (TPSA) is 71.2 Å². The van der Waals surface area contributed by atoms with E-state index in [1.807, 2.05) is 12.3 Å². The summed E-state index contributed by atoms with van der Waals surface area (Å²) < 4.78 is 0. The van der Waals surface area contributed by atoms with Gasteiger partial charge in [0.05, 0.1) is 5.54 Å². The van der Waals surface area contributed by atoms with Gasteiger partial charge < -0.3 is 16.0 Å². The first-order valence-corrected chi connectivity index (χ1v) is 8.44. The number of rotatable bonds is 4. The van der Waals surface area contributed by atoms with E-state index in [9.17, 15) is 4.79 Å². The Morgan fingerprint density at radius 3 is 2.50 bits per heavy atom. The summed E-state index contributed by atoms with van der Waals surface area (Å²) in [5, 5.41) is 3.02. The third-order valence-corrected chi connectivity index (χ3v) is 4.89. The molecule has 3 N–H and O–H groups in total. The van der Waals surface area contributed by atoms with E-state index in [1.54, 1.807) is 0 Å². The van der Waals surface area contributed by atoms with Crippen molar-refractivity contribution in [2.75, 3.05) is 18.0 Å². The van der Waals surface area contributed by atoms with Crippen LogP contribution in [0.4, 0.5) is 5.82 Å². The van der Waals surface area contributed by atoms with Crippen LogP contribution in [0, 0.1) is 0 Å². The molecular formula is C17H28Cl2N4O. The van der Waals surface area contributed by atoms with Crippen LogP contribution in [0.15, 0.2) is 18.3 Å². The Labute approximate surface area is 156 Å². The molecule has 1 amide bonds. The standard InChI is InChI=1S/C17H26N4O.2ClH/c18-17(7-2-1-3-8-17)16(22)20-13-14-6-9-19-15(12-14)21-10-4-5-11-21;;/h6,9,12H,1-5,7-8,10-11,13,18H2,(H,20,22);2*1H. The van der Waals surface area contributed by atoms with Crippen LogP contribution in [0.1, 0.15) is 50.5 Å². The fourth-order valence-electron chi connectivity index (χ4n) is 3.46. The van der Waals surface area contributed by atoms with Crippen molar-refractivity contribution in [3.05, 3.63) is 23.9 Å². The number of pyridine rings is 1. The van der Waals surface area contributed by atoms with Gasteiger partial charge in [-0.2, -0.15) is 0 Å². The molecule has 3 rings (SSSR count). The molecule has 24 heavy (non-hydrogen) atoms. The molecule has 5 nitrogen and oxygen atoms in total. The lowest BCUT2D eigenvalue weighted by Gasteiger charge is -2.31. The highest BCUT2D eigenvalue weighted by atomic mass is 35.5. The average Bonchev–Trinajstić information content (AvgIpc) is 3.08. The molecule has 1 saturated carbocycles. The molecule has 0 aromatic carbocycles. The van der Waals surface area contributed by atoms with E-state index in [4.69, 9.17) is 5.73 Å². The zero-order valence-corrected chi connectivity index (χ0v) is 15.6. The Morgan fingerprint density at radius 1 is 1.17 bits per heavy atom. The highest BCUT2D eigenvalue weighted by Gasteiger charge is 2.34. The number of hydrogen-bond donors (Lipinski definition) is 2. The molecule has 1 aromatic heterocycles. The summed E-state index contributed by atoms with van der Waals surface area (Å²) >= 11 is 0. The zero-order valence-electron chi connectivity index (χ0n) is 14.0. The molecule has 7 heteroatoms. The molecular weight excluding hydrogens is 347 g/mol. The van der Waals surface area contributed by atoms with Crippen LogP contribution in [-0.2, 0) is 11.3 Å². The van der Waals surface area contributed by atoms with Crippen LogP contribution < -0.4 is 16.0 Å². The van der Waals surface area contributed by atoms with Gasteiger partial charge in [-0.15, -0.1) is 24.8 Å². The van der Waals surface area contributed by atoms with E-state index in [-0.39, 0.29) is 30.7 Å². The Bertz CT molecular complexity index is 529. The lowest BCUT2D eigenvalue weighted by atomic mass is 9.82. The molecule has 0 atom stereocenters. The molecule has 1 aliphatic heterocycles. The van der Waals surface area contributed by atoms with Crippen LogP contribution in [0.5, 0.6) is 0 Å². The lowest BCUT2D eigenvalue weighted by molar-refractivity contribution is -0.127. The Morgan fingerprint density at radius 2 is 1.83 bits per heavy atom. The summed E-state index contributed by atoms with van der Waals surface area (Å²) in [7, 11) is 0. The van der Waals surface area contributed by atoms with Gasteiger partial charge in [0.1, 0.15) is 5.82 Å². The first-order valence-electron chi connectivity index (χ1n) is 8.44. The first kappa shape index (κ1) is 21.0. The van der Waals surface area contributed by atoms with Gasteiger partial charge in [0.15, 0.2) is 0 Å². The fraction of sp³-hybridized carbons (Fsp3) is 0.647. The van der Waals surface area contributed by atoms with Crippen molar-refractivity contribution in [1.82, 2.24) is 10.3 Å². The maximum absolute atomic E-state index is 12.4. The van der Waals surface area contributed by atoms with Crippen molar-refractivity contribution in [1.29, 1.82) is 0 Å². The van der Waals surface area contributed by atoms with E-state index in [2.05, 4.69) is 21.3 Å². The van der Waals surface area contributed by atoms with Crippen molar-refractivity contribution in [2.45, 2.75) is 57.0 Å². The maximum Gasteiger partial charge on any atom is 0.240 e. The monoisotopic (exact) mass is 374 g/mol. The quantitative estimate of drug-likeness (QED) is 0.849. The molecule has 2 heterocycles. The van der Waals surface area contributed by atoms with Gasteiger partial charge in [-0.3, -0.25) is 4.79 Å². The van der Waals surface area contributed by atoms with Crippen molar-refractivity contribution in [2.24, 2.45) is 5.73 Å². The molecule has 2 aliphatic rings. The van der Waals surface area contributed by atoms with E-state index >= 15 is 0 Å². The van der Waals surface area contributed by atoms with Gasteiger partial charge in [0.25, 0.3) is 0 Å². The molecule has 1 aliphatic carbocycles.